The summed E-state index contributed by atoms with van der Waals surface area (Å²) in [6.45, 7) is 2.84. The van der Waals surface area contributed by atoms with Gasteiger partial charge >= 0.3 is 6.18 Å². The fraction of sp³-hybridized carbons (Fsp3) is 0.571. The summed E-state index contributed by atoms with van der Waals surface area (Å²) in [5.41, 5.74) is 1.45. The highest BCUT2D eigenvalue weighted by molar-refractivity contribution is 5.39. The number of halogens is 3. The summed E-state index contributed by atoms with van der Waals surface area (Å²) >= 11 is 0. The van der Waals surface area contributed by atoms with E-state index in [4.69, 9.17) is 0 Å². The van der Waals surface area contributed by atoms with Crippen LogP contribution in [0.3, 0.4) is 0 Å². The Morgan fingerprint density at radius 1 is 1.37 bits per heavy atom. The van der Waals surface area contributed by atoms with Crippen molar-refractivity contribution in [3.05, 3.63) is 29.3 Å². The first-order chi connectivity index (χ1) is 8.88. The van der Waals surface area contributed by atoms with Gasteiger partial charge in [0.05, 0.1) is 5.92 Å². The Balaban J connectivity index is 2.05. The van der Waals surface area contributed by atoms with E-state index in [1.807, 2.05) is 6.07 Å². The van der Waals surface area contributed by atoms with Crippen molar-refractivity contribution in [2.75, 3.05) is 13.1 Å². The van der Waals surface area contributed by atoms with E-state index < -0.39 is 12.1 Å². The number of alkyl halides is 3. The third-order valence-corrected chi connectivity index (χ3v) is 3.68. The minimum atomic E-state index is -4.12. The third kappa shape index (κ3) is 3.41. The normalized spacial score (nSPS) is 21.6. The lowest BCUT2D eigenvalue weighted by Crippen LogP contribution is -2.41. The Bertz CT molecular complexity index is 445. The van der Waals surface area contributed by atoms with E-state index in [9.17, 15) is 18.3 Å². The molecule has 1 aliphatic rings. The van der Waals surface area contributed by atoms with Crippen molar-refractivity contribution in [2.45, 2.75) is 32.5 Å². The van der Waals surface area contributed by atoms with E-state index in [1.54, 1.807) is 24.0 Å². The first-order valence-electron chi connectivity index (χ1n) is 6.44. The van der Waals surface area contributed by atoms with Gasteiger partial charge in [-0.05, 0) is 31.9 Å². The molecule has 0 aliphatic carbocycles. The van der Waals surface area contributed by atoms with Crippen LogP contribution in [0.4, 0.5) is 13.2 Å². The van der Waals surface area contributed by atoms with Gasteiger partial charge in [-0.2, -0.15) is 13.2 Å². The van der Waals surface area contributed by atoms with Gasteiger partial charge in [0, 0.05) is 18.7 Å². The quantitative estimate of drug-likeness (QED) is 0.891. The van der Waals surface area contributed by atoms with Crippen molar-refractivity contribution >= 4 is 0 Å². The van der Waals surface area contributed by atoms with Gasteiger partial charge < -0.3 is 5.11 Å². The average Bonchev–Trinajstić information content (AvgIpc) is 2.34. The smallest absolute Gasteiger partial charge is 0.393 e. The standard InChI is InChI=1S/C14H18F3NO/c1-10-4-2-5-11(13(10)19)8-18-7-3-6-12(9-18)14(15,16)17/h2,4-5,12,19H,3,6-9H2,1H3. The van der Waals surface area contributed by atoms with Crippen LogP contribution in [0.15, 0.2) is 18.2 Å². The number of nitrogens with zero attached hydrogens (tertiary/aromatic N) is 1. The fourth-order valence-electron chi connectivity index (χ4n) is 2.55. The Morgan fingerprint density at radius 3 is 2.79 bits per heavy atom. The van der Waals surface area contributed by atoms with Gasteiger partial charge in [0.25, 0.3) is 0 Å². The molecule has 0 radical (unpaired) electrons. The number of hydrogen-bond donors (Lipinski definition) is 1. The molecule has 0 bridgehead atoms. The minimum absolute atomic E-state index is 0.0247. The zero-order chi connectivity index (χ0) is 14.0. The minimum Gasteiger partial charge on any atom is -0.507 e. The summed E-state index contributed by atoms with van der Waals surface area (Å²) in [6, 6.07) is 5.36. The fourth-order valence-corrected chi connectivity index (χ4v) is 2.55. The topological polar surface area (TPSA) is 23.5 Å². The molecule has 0 spiro atoms. The van der Waals surface area contributed by atoms with Gasteiger partial charge in [-0.15, -0.1) is 0 Å². The molecule has 19 heavy (non-hydrogen) atoms. The number of likely N-dealkylation sites (tertiary alicyclic amines) is 1. The lowest BCUT2D eigenvalue weighted by molar-refractivity contribution is -0.187. The van der Waals surface area contributed by atoms with Crippen LogP contribution in [0.25, 0.3) is 0 Å². The Labute approximate surface area is 110 Å². The van der Waals surface area contributed by atoms with Crippen LogP contribution in [0.5, 0.6) is 5.75 Å². The summed E-state index contributed by atoms with van der Waals surface area (Å²) < 4.78 is 38.2. The van der Waals surface area contributed by atoms with Crippen molar-refractivity contribution in [3.8, 4) is 5.75 Å². The number of para-hydroxylation sites is 1. The summed E-state index contributed by atoms with van der Waals surface area (Å²) in [4.78, 5) is 1.77. The second kappa shape index (κ2) is 5.41. The van der Waals surface area contributed by atoms with Crippen LogP contribution in [0.2, 0.25) is 0 Å². The molecular formula is C14H18F3NO. The molecule has 1 aromatic carbocycles. The molecule has 2 rings (SSSR count). The van der Waals surface area contributed by atoms with E-state index >= 15 is 0 Å². The first-order valence-corrected chi connectivity index (χ1v) is 6.44. The molecule has 0 aromatic heterocycles. The monoisotopic (exact) mass is 273 g/mol. The van der Waals surface area contributed by atoms with Crippen LogP contribution >= 0.6 is 0 Å². The van der Waals surface area contributed by atoms with Crippen molar-refractivity contribution in [2.24, 2.45) is 5.92 Å². The SMILES string of the molecule is Cc1cccc(CN2CCCC(C(F)(F)F)C2)c1O. The second-order valence-electron chi connectivity index (χ2n) is 5.20. The highest BCUT2D eigenvalue weighted by Gasteiger charge is 2.41. The Kier molecular flexibility index (Phi) is 4.04. The van der Waals surface area contributed by atoms with Crippen LogP contribution in [-0.4, -0.2) is 29.3 Å². The van der Waals surface area contributed by atoms with Crippen LogP contribution in [0.1, 0.15) is 24.0 Å². The summed E-state index contributed by atoms with van der Waals surface area (Å²) in [5.74, 6) is -1.05. The molecule has 1 atom stereocenters. The van der Waals surface area contributed by atoms with Crippen molar-refractivity contribution in [1.82, 2.24) is 4.90 Å². The Hall–Kier alpha value is -1.23. The maximum Gasteiger partial charge on any atom is 0.393 e. The molecular weight excluding hydrogens is 255 g/mol. The van der Waals surface area contributed by atoms with Crippen LogP contribution in [-0.2, 0) is 6.54 Å². The number of phenols is 1. The van der Waals surface area contributed by atoms with Crippen LogP contribution < -0.4 is 0 Å². The molecule has 5 heteroatoms. The van der Waals surface area contributed by atoms with Crippen molar-refractivity contribution in [1.29, 1.82) is 0 Å². The Morgan fingerprint density at radius 2 is 2.11 bits per heavy atom. The molecule has 0 amide bonds. The number of rotatable bonds is 2. The maximum absolute atomic E-state index is 12.7. The number of aryl methyl sites for hydroxylation is 1. The summed E-state index contributed by atoms with van der Waals surface area (Å²) in [5, 5.41) is 9.91. The summed E-state index contributed by atoms with van der Waals surface area (Å²) in [7, 11) is 0. The van der Waals surface area contributed by atoms with E-state index in [2.05, 4.69) is 0 Å². The second-order valence-corrected chi connectivity index (χ2v) is 5.20. The average molecular weight is 273 g/mol. The van der Waals surface area contributed by atoms with Crippen molar-refractivity contribution < 1.29 is 18.3 Å². The number of hydrogen-bond acceptors (Lipinski definition) is 2. The number of phenolic OH excluding ortho intramolecular Hbond substituents is 1. The third-order valence-electron chi connectivity index (χ3n) is 3.68. The van der Waals surface area contributed by atoms with Crippen LogP contribution in [0, 0.1) is 12.8 Å². The molecule has 0 saturated carbocycles. The number of piperidine rings is 1. The molecule has 1 aromatic rings. The largest absolute Gasteiger partial charge is 0.507 e. The summed E-state index contributed by atoms with van der Waals surface area (Å²) in [6.07, 6.45) is -3.36. The lowest BCUT2D eigenvalue weighted by Gasteiger charge is -2.33. The van der Waals surface area contributed by atoms with Gasteiger partial charge in [0.15, 0.2) is 0 Å². The molecule has 1 unspecified atom stereocenters. The van der Waals surface area contributed by atoms with Gasteiger partial charge in [0.2, 0.25) is 0 Å². The molecule has 1 N–H and O–H groups in total. The molecule has 1 fully saturated rings. The molecule has 2 nitrogen and oxygen atoms in total. The zero-order valence-corrected chi connectivity index (χ0v) is 10.9. The van der Waals surface area contributed by atoms with Crippen molar-refractivity contribution in [3.63, 3.8) is 0 Å². The molecule has 106 valence electrons. The van der Waals surface area contributed by atoms with E-state index in [0.717, 1.165) is 5.56 Å². The molecule has 1 heterocycles. The molecule has 1 aliphatic heterocycles. The van der Waals surface area contributed by atoms with Gasteiger partial charge in [-0.25, -0.2) is 0 Å². The predicted octanol–water partition coefficient (Wildman–Crippen LogP) is 3.47. The highest BCUT2D eigenvalue weighted by Crippen LogP contribution is 2.34. The first kappa shape index (κ1) is 14.2. The van der Waals surface area contributed by atoms with E-state index in [1.165, 1.54) is 0 Å². The van der Waals surface area contributed by atoms with Gasteiger partial charge in [0.1, 0.15) is 5.75 Å². The maximum atomic E-state index is 12.7. The van der Waals surface area contributed by atoms with Gasteiger partial charge in [-0.3, -0.25) is 4.90 Å². The number of aromatic hydroxyl groups is 1. The van der Waals surface area contributed by atoms with E-state index in [-0.39, 0.29) is 18.7 Å². The van der Waals surface area contributed by atoms with E-state index in [0.29, 0.717) is 25.1 Å². The number of benzene rings is 1. The predicted molar refractivity (Wildman–Crippen MR) is 66.9 cm³/mol. The highest BCUT2D eigenvalue weighted by atomic mass is 19.4. The zero-order valence-electron chi connectivity index (χ0n) is 10.9. The van der Waals surface area contributed by atoms with Gasteiger partial charge in [-0.1, -0.05) is 18.2 Å². The molecule has 1 saturated heterocycles. The lowest BCUT2D eigenvalue weighted by atomic mass is 9.97.